The standard InChI is InChI=1S/C23H17N3O/c1-16-14-18(9-10-19-6-5-13-24-15-19)11-12-22(16)26-17(2)25-21-8-4-3-7-20(21)23(26)27/h3-8,11-15H,1-2H3. The first-order chi connectivity index (χ1) is 13.1. The highest BCUT2D eigenvalue weighted by atomic mass is 16.1. The maximum atomic E-state index is 13.0. The molecule has 0 saturated heterocycles. The van der Waals surface area contributed by atoms with Gasteiger partial charge in [0.05, 0.1) is 16.6 Å². The van der Waals surface area contributed by atoms with E-state index in [4.69, 9.17) is 0 Å². The average molecular weight is 351 g/mol. The monoisotopic (exact) mass is 351 g/mol. The second-order valence-corrected chi connectivity index (χ2v) is 6.31. The molecule has 0 N–H and O–H groups in total. The van der Waals surface area contributed by atoms with Gasteiger partial charge in [-0.25, -0.2) is 4.98 Å². The molecule has 130 valence electrons. The molecular formula is C23H17N3O. The first kappa shape index (κ1) is 16.7. The van der Waals surface area contributed by atoms with E-state index < -0.39 is 0 Å². The van der Waals surface area contributed by atoms with Gasteiger partial charge >= 0.3 is 0 Å². The number of pyridine rings is 1. The highest BCUT2D eigenvalue weighted by Gasteiger charge is 2.11. The Morgan fingerprint density at radius 3 is 2.52 bits per heavy atom. The number of fused-ring (bicyclic) bond motifs is 1. The van der Waals surface area contributed by atoms with Crippen molar-refractivity contribution in [2.45, 2.75) is 13.8 Å². The maximum Gasteiger partial charge on any atom is 0.265 e. The molecule has 0 bridgehead atoms. The Kier molecular flexibility index (Phi) is 4.27. The Morgan fingerprint density at radius 2 is 1.74 bits per heavy atom. The van der Waals surface area contributed by atoms with Crippen LogP contribution >= 0.6 is 0 Å². The largest absolute Gasteiger partial charge is 0.268 e. The molecule has 2 aromatic carbocycles. The predicted molar refractivity (Wildman–Crippen MR) is 107 cm³/mol. The van der Waals surface area contributed by atoms with Gasteiger partial charge in [-0.15, -0.1) is 0 Å². The molecule has 2 heterocycles. The van der Waals surface area contributed by atoms with Crippen LogP contribution in [-0.4, -0.2) is 14.5 Å². The van der Waals surface area contributed by atoms with Crippen LogP contribution in [0.3, 0.4) is 0 Å². The van der Waals surface area contributed by atoms with E-state index in [2.05, 4.69) is 21.8 Å². The van der Waals surface area contributed by atoms with Crippen molar-refractivity contribution in [1.29, 1.82) is 0 Å². The zero-order chi connectivity index (χ0) is 18.8. The zero-order valence-electron chi connectivity index (χ0n) is 15.1. The van der Waals surface area contributed by atoms with Crippen molar-refractivity contribution in [1.82, 2.24) is 14.5 Å². The highest BCUT2D eigenvalue weighted by molar-refractivity contribution is 5.77. The van der Waals surface area contributed by atoms with Gasteiger partial charge in [-0.1, -0.05) is 24.0 Å². The third kappa shape index (κ3) is 3.23. The Bertz CT molecular complexity index is 1260. The van der Waals surface area contributed by atoms with Gasteiger partial charge in [0.25, 0.3) is 5.56 Å². The third-order valence-corrected chi connectivity index (χ3v) is 4.39. The lowest BCUT2D eigenvalue weighted by atomic mass is 10.1. The number of nitrogens with zero attached hydrogens (tertiary/aromatic N) is 3. The van der Waals surface area contributed by atoms with Gasteiger partial charge in [0.1, 0.15) is 5.82 Å². The van der Waals surface area contributed by atoms with Crippen molar-refractivity contribution in [2.24, 2.45) is 0 Å². The number of hydrogen-bond acceptors (Lipinski definition) is 3. The third-order valence-electron chi connectivity index (χ3n) is 4.39. The van der Waals surface area contributed by atoms with Crippen LogP contribution in [0, 0.1) is 25.7 Å². The second-order valence-electron chi connectivity index (χ2n) is 6.31. The van der Waals surface area contributed by atoms with Gasteiger partial charge in [-0.2, -0.15) is 0 Å². The molecule has 0 atom stereocenters. The summed E-state index contributed by atoms with van der Waals surface area (Å²) in [4.78, 5) is 21.6. The smallest absolute Gasteiger partial charge is 0.265 e. The lowest BCUT2D eigenvalue weighted by molar-refractivity contribution is 0.887. The number of hydrogen-bond donors (Lipinski definition) is 0. The second kappa shape index (κ2) is 6.89. The molecule has 0 amide bonds. The summed E-state index contributed by atoms with van der Waals surface area (Å²) in [6.45, 7) is 3.83. The minimum atomic E-state index is -0.0598. The van der Waals surface area contributed by atoms with Crippen LogP contribution in [0.5, 0.6) is 0 Å². The molecule has 0 saturated carbocycles. The molecule has 0 radical (unpaired) electrons. The number of aryl methyl sites for hydroxylation is 2. The fourth-order valence-corrected chi connectivity index (χ4v) is 3.09. The molecule has 2 aromatic heterocycles. The number of aromatic nitrogens is 3. The van der Waals surface area contributed by atoms with Gasteiger partial charge in [0, 0.05) is 23.5 Å². The van der Waals surface area contributed by atoms with Crippen LogP contribution in [-0.2, 0) is 0 Å². The van der Waals surface area contributed by atoms with Crippen molar-refractivity contribution >= 4 is 10.9 Å². The van der Waals surface area contributed by atoms with Crippen LogP contribution in [0.2, 0.25) is 0 Å². The summed E-state index contributed by atoms with van der Waals surface area (Å²) in [5, 5.41) is 0.614. The van der Waals surface area contributed by atoms with Crippen LogP contribution in [0.15, 0.2) is 71.8 Å². The molecule has 0 aliphatic rings. The van der Waals surface area contributed by atoms with E-state index in [9.17, 15) is 4.79 Å². The predicted octanol–water partition coefficient (Wildman–Crippen LogP) is 3.80. The van der Waals surface area contributed by atoms with E-state index in [0.29, 0.717) is 16.7 Å². The maximum absolute atomic E-state index is 13.0. The van der Waals surface area contributed by atoms with Gasteiger partial charge in [-0.3, -0.25) is 14.3 Å². The van der Waals surface area contributed by atoms with E-state index >= 15 is 0 Å². The SMILES string of the molecule is Cc1cc(C#Cc2cccnc2)ccc1-n1c(C)nc2ccccc2c1=O. The molecule has 4 aromatic rings. The van der Waals surface area contributed by atoms with Crippen molar-refractivity contribution < 1.29 is 0 Å². The van der Waals surface area contributed by atoms with Crippen molar-refractivity contribution in [3.05, 3.63) is 99.9 Å². The fraction of sp³-hybridized carbons (Fsp3) is 0.0870. The van der Waals surface area contributed by atoms with E-state index in [1.54, 1.807) is 17.0 Å². The van der Waals surface area contributed by atoms with Crippen LogP contribution in [0.25, 0.3) is 16.6 Å². The first-order valence-corrected chi connectivity index (χ1v) is 8.65. The minimum absolute atomic E-state index is 0.0598. The number of benzene rings is 2. The Hall–Kier alpha value is -3.71. The summed E-state index contributed by atoms with van der Waals surface area (Å²) < 4.78 is 1.66. The van der Waals surface area contributed by atoms with Crippen molar-refractivity contribution in [3.8, 4) is 17.5 Å². The summed E-state index contributed by atoms with van der Waals surface area (Å²) in [5.74, 6) is 6.91. The average Bonchev–Trinajstić information content (AvgIpc) is 2.68. The molecular weight excluding hydrogens is 334 g/mol. The number of para-hydroxylation sites is 1. The van der Waals surface area contributed by atoms with E-state index in [1.165, 1.54) is 0 Å². The Balaban J connectivity index is 1.79. The van der Waals surface area contributed by atoms with Gasteiger partial charge in [-0.05, 0) is 61.9 Å². The van der Waals surface area contributed by atoms with Gasteiger partial charge < -0.3 is 0 Å². The number of rotatable bonds is 1. The van der Waals surface area contributed by atoms with E-state index in [-0.39, 0.29) is 5.56 Å². The quantitative estimate of drug-likeness (QED) is 0.490. The summed E-state index contributed by atoms with van der Waals surface area (Å²) in [7, 11) is 0. The summed E-state index contributed by atoms with van der Waals surface area (Å²) in [6, 6.07) is 17.0. The molecule has 4 nitrogen and oxygen atoms in total. The molecule has 27 heavy (non-hydrogen) atoms. The van der Waals surface area contributed by atoms with Crippen LogP contribution < -0.4 is 5.56 Å². The molecule has 0 aliphatic heterocycles. The lowest BCUT2D eigenvalue weighted by Gasteiger charge is -2.13. The molecule has 0 aliphatic carbocycles. The zero-order valence-corrected chi connectivity index (χ0v) is 15.1. The fourth-order valence-electron chi connectivity index (χ4n) is 3.09. The Morgan fingerprint density at radius 1 is 0.926 bits per heavy atom. The van der Waals surface area contributed by atoms with Crippen molar-refractivity contribution in [3.63, 3.8) is 0 Å². The summed E-state index contributed by atoms with van der Waals surface area (Å²) in [6.07, 6.45) is 3.46. The van der Waals surface area contributed by atoms with Gasteiger partial charge in [0.15, 0.2) is 0 Å². The topological polar surface area (TPSA) is 47.8 Å². The minimum Gasteiger partial charge on any atom is -0.268 e. The highest BCUT2D eigenvalue weighted by Crippen LogP contribution is 2.17. The molecule has 4 heteroatoms. The normalized spacial score (nSPS) is 10.4. The van der Waals surface area contributed by atoms with Gasteiger partial charge in [0.2, 0.25) is 0 Å². The Labute approximate surface area is 157 Å². The van der Waals surface area contributed by atoms with Crippen molar-refractivity contribution in [2.75, 3.05) is 0 Å². The molecule has 0 fully saturated rings. The van der Waals surface area contributed by atoms with E-state index in [0.717, 1.165) is 22.4 Å². The molecule has 0 spiro atoms. The summed E-state index contributed by atoms with van der Waals surface area (Å²) in [5.41, 5.74) is 4.20. The lowest BCUT2D eigenvalue weighted by Crippen LogP contribution is -2.23. The summed E-state index contributed by atoms with van der Waals surface area (Å²) >= 11 is 0. The first-order valence-electron chi connectivity index (χ1n) is 8.65. The van der Waals surface area contributed by atoms with E-state index in [1.807, 2.05) is 68.4 Å². The van der Waals surface area contributed by atoms with Crippen LogP contribution in [0.4, 0.5) is 0 Å². The molecule has 4 rings (SSSR count). The van der Waals surface area contributed by atoms with Crippen LogP contribution in [0.1, 0.15) is 22.5 Å². The molecule has 0 unspecified atom stereocenters.